The van der Waals surface area contributed by atoms with Crippen LogP contribution >= 0.6 is 0 Å². The summed E-state index contributed by atoms with van der Waals surface area (Å²) in [6, 6.07) is 4.18. The number of benzene rings is 1. The monoisotopic (exact) mass is 338 g/mol. The van der Waals surface area contributed by atoms with Crippen LogP contribution in [-0.4, -0.2) is 40.6 Å². The third-order valence-corrected chi connectivity index (χ3v) is 6.24. The zero-order valence-corrected chi connectivity index (χ0v) is 13.7. The highest BCUT2D eigenvalue weighted by Crippen LogP contribution is 2.27. The van der Waals surface area contributed by atoms with Gasteiger partial charge < -0.3 is 0 Å². The van der Waals surface area contributed by atoms with Crippen molar-refractivity contribution < 1.29 is 12.8 Å². The van der Waals surface area contributed by atoms with Gasteiger partial charge >= 0.3 is 0 Å². The summed E-state index contributed by atoms with van der Waals surface area (Å²) in [5, 5.41) is 4.07. The van der Waals surface area contributed by atoms with E-state index in [1.165, 1.54) is 35.8 Å². The van der Waals surface area contributed by atoms with E-state index in [9.17, 15) is 12.8 Å². The summed E-state index contributed by atoms with van der Waals surface area (Å²) >= 11 is 0. The lowest BCUT2D eigenvalue weighted by Gasteiger charge is -2.32. The molecule has 0 aliphatic carbocycles. The Hall–Kier alpha value is -1.80. The third-order valence-electron chi connectivity index (χ3n) is 4.23. The summed E-state index contributed by atoms with van der Waals surface area (Å²) < 4.78 is 42.5. The average Bonchev–Trinajstić information content (AvgIpc) is 3.03. The van der Waals surface area contributed by atoms with E-state index in [4.69, 9.17) is 0 Å². The fraction of sp³-hybridized carbons (Fsp3) is 0.467. The molecule has 0 N–H and O–H groups in total. The van der Waals surface area contributed by atoms with E-state index in [2.05, 4.69) is 10.1 Å². The predicted octanol–water partition coefficient (Wildman–Crippen LogP) is 1.83. The van der Waals surface area contributed by atoms with Crippen molar-refractivity contribution >= 4 is 10.0 Å². The lowest BCUT2D eigenvalue weighted by molar-refractivity contribution is 0.239. The standard InChI is InChI=1S/C15H19FN4O2S/c1-12-14(16)5-2-6-15(12)23(21,22)20-7-3-4-13(9-20)8-19-11-17-10-18-19/h2,5-6,10-11,13H,3-4,7-9H2,1H3/t13-/m1/s1. The van der Waals surface area contributed by atoms with Crippen LogP contribution in [0.1, 0.15) is 18.4 Å². The van der Waals surface area contributed by atoms with Gasteiger partial charge in [-0.2, -0.15) is 9.40 Å². The van der Waals surface area contributed by atoms with Crippen molar-refractivity contribution in [2.24, 2.45) is 5.92 Å². The van der Waals surface area contributed by atoms with Gasteiger partial charge in [0.25, 0.3) is 0 Å². The van der Waals surface area contributed by atoms with Gasteiger partial charge in [-0.25, -0.2) is 17.8 Å². The quantitative estimate of drug-likeness (QED) is 0.853. The van der Waals surface area contributed by atoms with Gasteiger partial charge in [0, 0.05) is 25.2 Å². The Kier molecular flexibility index (Phi) is 4.45. The molecule has 0 bridgehead atoms. The van der Waals surface area contributed by atoms with Crippen molar-refractivity contribution in [3.63, 3.8) is 0 Å². The molecule has 3 rings (SSSR count). The van der Waals surface area contributed by atoms with Crippen molar-refractivity contribution in [1.82, 2.24) is 19.1 Å². The number of hydrogen-bond acceptors (Lipinski definition) is 4. The number of halogens is 1. The Morgan fingerprint density at radius 3 is 2.96 bits per heavy atom. The lowest BCUT2D eigenvalue weighted by Crippen LogP contribution is -2.41. The first kappa shape index (κ1) is 16.1. The van der Waals surface area contributed by atoms with Gasteiger partial charge in [0.15, 0.2) is 0 Å². The SMILES string of the molecule is Cc1c(F)cccc1S(=O)(=O)N1CCC[C@H](Cn2cncn2)C1. The number of nitrogens with zero attached hydrogens (tertiary/aromatic N) is 4. The molecule has 1 fully saturated rings. The van der Waals surface area contributed by atoms with E-state index in [1.54, 1.807) is 11.0 Å². The summed E-state index contributed by atoms with van der Waals surface area (Å²) in [5.74, 6) is -0.323. The molecule has 0 saturated carbocycles. The summed E-state index contributed by atoms with van der Waals surface area (Å²) in [6.07, 6.45) is 4.82. The van der Waals surface area contributed by atoms with Gasteiger partial charge in [0.2, 0.25) is 10.0 Å². The van der Waals surface area contributed by atoms with Crippen molar-refractivity contribution in [2.75, 3.05) is 13.1 Å². The first-order chi connectivity index (χ1) is 11.0. The molecule has 1 saturated heterocycles. The van der Waals surface area contributed by atoms with Gasteiger partial charge in [0.05, 0.1) is 4.90 Å². The fourth-order valence-electron chi connectivity index (χ4n) is 2.99. The number of aromatic nitrogens is 3. The van der Waals surface area contributed by atoms with Gasteiger partial charge in [-0.3, -0.25) is 4.68 Å². The van der Waals surface area contributed by atoms with E-state index in [1.807, 2.05) is 0 Å². The Labute approximate surface area is 135 Å². The molecule has 1 aliphatic heterocycles. The third kappa shape index (κ3) is 3.28. The van der Waals surface area contributed by atoms with Crippen LogP contribution in [0.4, 0.5) is 4.39 Å². The van der Waals surface area contributed by atoms with Crippen molar-refractivity contribution in [3.05, 3.63) is 42.2 Å². The first-order valence-corrected chi connectivity index (χ1v) is 9.00. The van der Waals surface area contributed by atoms with Crippen molar-refractivity contribution in [1.29, 1.82) is 0 Å². The summed E-state index contributed by atoms with van der Waals surface area (Å²) in [6.45, 7) is 3.01. The molecule has 1 aromatic heterocycles. The van der Waals surface area contributed by atoms with Crippen LogP contribution < -0.4 is 0 Å². The van der Waals surface area contributed by atoms with Crippen LogP contribution in [0.15, 0.2) is 35.7 Å². The molecule has 8 heteroatoms. The minimum Gasteiger partial charge on any atom is -0.253 e. The van der Waals surface area contributed by atoms with Crippen molar-refractivity contribution in [3.8, 4) is 0 Å². The number of hydrogen-bond donors (Lipinski definition) is 0. The van der Waals surface area contributed by atoms with Crippen LogP contribution in [-0.2, 0) is 16.6 Å². The van der Waals surface area contributed by atoms with Gasteiger partial charge in [0.1, 0.15) is 18.5 Å². The highest BCUT2D eigenvalue weighted by Gasteiger charge is 2.31. The van der Waals surface area contributed by atoms with Crippen LogP contribution in [0.25, 0.3) is 0 Å². The predicted molar refractivity (Wildman–Crippen MR) is 82.6 cm³/mol. The molecule has 1 atom stereocenters. The Morgan fingerprint density at radius 1 is 1.39 bits per heavy atom. The zero-order valence-electron chi connectivity index (χ0n) is 12.9. The minimum absolute atomic E-state index is 0.0545. The Bertz CT molecular complexity index is 777. The maximum absolute atomic E-state index is 13.7. The van der Waals surface area contributed by atoms with E-state index in [-0.39, 0.29) is 16.4 Å². The molecule has 0 unspecified atom stereocenters. The van der Waals surface area contributed by atoms with E-state index in [0.29, 0.717) is 19.6 Å². The minimum atomic E-state index is -3.68. The van der Waals surface area contributed by atoms with Crippen LogP contribution in [0.3, 0.4) is 0 Å². The molecule has 2 heterocycles. The Balaban J connectivity index is 1.81. The van der Waals surface area contributed by atoms with Gasteiger partial charge in [-0.05, 0) is 37.8 Å². The van der Waals surface area contributed by atoms with Gasteiger partial charge in [-0.1, -0.05) is 6.07 Å². The maximum atomic E-state index is 13.7. The largest absolute Gasteiger partial charge is 0.253 e. The summed E-state index contributed by atoms with van der Waals surface area (Å²) in [5.41, 5.74) is 0.172. The van der Waals surface area contributed by atoms with Crippen LogP contribution in [0.2, 0.25) is 0 Å². The zero-order chi connectivity index (χ0) is 16.4. The normalized spacial score (nSPS) is 19.8. The number of piperidine rings is 1. The van der Waals surface area contributed by atoms with Gasteiger partial charge in [-0.15, -0.1) is 0 Å². The number of rotatable bonds is 4. The maximum Gasteiger partial charge on any atom is 0.243 e. The first-order valence-electron chi connectivity index (χ1n) is 7.56. The average molecular weight is 338 g/mol. The summed E-state index contributed by atoms with van der Waals surface area (Å²) in [7, 11) is -3.68. The van der Waals surface area contributed by atoms with E-state index >= 15 is 0 Å². The summed E-state index contributed by atoms with van der Waals surface area (Å²) in [4.78, 5) is 3.96. The van der Waals surface area contributed by atoms with Crippen LogP contribution in [0.5, 0.6) is 0 Å². The molecule has 0 amide bonds. The lowest BCUT2D eigenvalue weighted by atomic mass is 10.00. The smallest absolute Gasteiger partial charge is 0.243 e. The highest BCUT2D eigenvalue weighted by molar-refractivity contribution is 7.89. The van der Waals surface area contributed by atoms with E-state index in [0.717, 1.165) is 12.8 Å². The highest BCUT2D eigenvalue weighted by atomic mass is 32.2. The molecular formula is C15H19FN4O2S. The van der Waals surface area contributed by atoms with Crippen molar-refractivity contribution in [2.45, 2.75) is 31.2 Å². The molecule has 0 radical (unpaired) electrons. The fourth-order valence-corrected chi connectivity index (χ4v) is 4.78. The number of sulfonamides is 1. The molecule has 6 nitrogen and oxygen atoms in total. The molecular weight excluding hydrogens is 319 g/mol. The van der Waals surface area contributed by atoms with Crippen LogP contribution in [0, 0.1) is 18.7 Å². The molecule has 0 spiro atoms. The molecule has 1 aliphatic rings. The molecule has 124 valence electrons. The second kappa shape index (κ2) is 6.37. The van der Waals surface area contributed by atoms with E-state index < -0.39 is 15.8 Å². The Morgan fingerprint density at radius 2 is 2.22 bits per heavy atom. The molecule has 2 aromatic rings. The molecule has 1 aromatic carbocycles. The second-order valence-corrected chi connectivity index (χ2v) is 7.76. The topological polar surface area (TPSA) is 68.1 Å². The molecule has 23 heavy (non-hydrogen) atoms. The second-order valence-electron chi connectivity index (χ2n) is 5.85.